The van der Waals surface area contributed by atoms with Gasteiger partial charge in [-0.3, -0.25) is 4.68 Å². The molecule has 4 rings (SSSR count). The van der Waals surface area contributed by atoms with Crippen LogP contribution in [0, 0.1) is 0 Å². The molecule has 0 aliphatic carbocycles. The van der Waals surface area contributed by atoms with Crippen molar-refractivity contribution in [1.82, 2.24) is 20.3 Å². The topological polar surface area (TPSA) is 72.2 Å². The minimum absolute atomic E-state index is 0.0335. The molecule has 0 radical (unpaired) electrons. The van der Waals surface area contributed by atoms with Crippen molar-refractivity contribution in [2.45, 2.75) is 49.7 Å². The molecular weight excluding hydrogens is 361 g/mol. The molecule has 0 unspecified atom stereocenters. The van der Waals surface area contributed by atoms with Gasteiger partial charge in [0.15, 0.2) is 0 Å². The number of aryl methyl sites for hydroxylation is 1. The van der Waals surface area contributed by atoms with Crippen molar-refractivity contribution >= 4 is 0 Å². The average molecular weight is 382 g/mol. The van der Waals surface area contributed by atoms with E-state index in [1.54, 1.807) is 11.7 Å². The number of nitrogens with one attached hydrogen (secondary N) is 1. The van der Waals surface area contributed by atoms with Crippen molar-refractivity contribution in [1.29, 1.82) is 0 Å². The minimum atomic E-state index is -4.45. The zero-order chi connectivity index (χ0) is 19.4. The zero-order valence-corrected chi connectivity index (χ0v) is 15.0. The lowest BCUT2D eigenvalue weighted by Crippen LogP contribution is -2.50. The van der Waals surface area contributed by atoms with Crippen molar-refractivity contribution in [2.24, 2.45) is 7.05 Å². The second-order valence-corrected chi connectivity index (χ2v) is 7.47. The van der Waals surface area contributed by atoms with E-state index in [0.29, 0.717) is 24.0 Å². The number of ether oxygens (including phenoxy) is 1. The van der Waals surface area contributed by atoms with Gasteiger partial charge in [0.2, 0.25) is 0 Å². The summed E-state index contributed by atoms with van der Waals surface area (Å²) in [5.41, 5.74) is 0.141. The van der Waals surface area contributed by atoms with Crippen molar-refractivity contribution in [3.05, 3.63) is 46.8 Å². The number of hydrogen-bond donors (Lipinski definition) is 2. The van der Waals surface area contributed by atoms with Crippen LogP contribution in [0.5, 0.6) is 0 Å². The molecule has 2 aromatic rings. The lowest BCUT2D eigenvalue weighted by molar-refractivity contribution is -0.140. The quantitative estimate of drug-likeness (QED) is 0.793. The molecule has 2 aliphatic rings. The van der Waals surface area contributed by atoms with E-state index in [0.717, 1.165) is 17.8 Å². The number of hydrogen-bond acceptors (Lipinski definition) is 5. The molecule has 2 N–H and O–H groups in total. The van der Waals surface area contributed by atoms with Gasteiger partial charge >= 0.3 is 6.18 Å². The van der Waals surface area contributed by atoms with Crippen molar-refractivity contribution in [3.8, 4) is 0 Å². The van der Waals surface area contributed by atoms with Crippen LogP contribution in [0.1, 0.15) is 54.3 Å². The maximum absolute atomic E-state index is 13.1. The first-order valence-corrected chi connectivity index (χ1v) is 8.84. The molecule has 3 heterocycles. The lowest BCUT2D eigenvalue weighted by atomic mass is 9.74. The Morgan fingerprint density at radius 3 is 2.78 bits per heavy atom. The molecular formula is C18H21F3N4O2. The molecule has 0 bridgehead atoms. The fourth-order valence-electron chi connectivity index (χ4n) is 4.26. The zero-order valence-electron chi connectivity index (χ0n) is 15.0. The number of alkyl halides is 3. The monoisotopic (exact) mass is 382 g/mol. The highest BCUT2D eigenvalue weighted by Crippen LogP contribution is 2.49. The van der Waals surface area contributed by atoms with E-state index in [-0.39, 0.29) is 18.7 Å². The van der Waals surface area contributed by atoms with Gasteiger partial charge in [-0.15, -0.1) is 5.10 Å². The van der Waals surface area contributed by atoms with Gasteiger partial charge in [-0.25, -0.2) is 0 Å². The Balaban J connectivity index is 1.76. The summed E-state index contributed by atoms with van der Waals surface area (Å²) in [7, 11) is 1.78. The second kappa shape index (κ2) is 6.29. The molecule has 1 aromatic carbocycles. The van der Waals surface area contributed by atoms with E-state index in [1.807, 2.05) is 13.1 Å². The highest BCUT2D eigenvalue weighted by molar-refractivity contribution is 5.41. The van der Waals surface area contributed by atoms with E-state index in [2.05, 4.69) is 15.6 Å². The van der Waals surface area contributed by atoms with Crippen LogP contribution in [0.3, 0.4) is 0 Å². The number of halogens is 3. The van der Waals surface area contributed by atoms with Crippen LogP contribution in [0.2, 0.25) is 0 Å². The van der Waals surface area contributed by atoms with Crippen molar-refractivity contribution < 1.29 is 23.0 Å². The number of fused-ring (bicyclic) bond motifs is 2. The smallest absolute Gasteiger partial charge is 0.386 e. The summed E-state index contributed by atoms with van der Waals surface area (Å²) in [6.45, 7) is 1.97. The van der Waals surface area contributed by atoms with Crippen LogP contribution in [0.25, 0.3) is 0 Å². The summed E-state index contributed by atoms with van der Waals surface area (Å²) in [6, 6.07) is 3.47. The molecule has 4 atom stereocenters. The van der Waals surface area contributed by atoms with Gasteiger partial charge in [0.05, 0.1) is 29.5 Å². The molecule has 0 amide bonds. The van der Waals surface area contributed by atoms with Crippen molar-refractivity contribution in [3.63, 3.8) is 0 Å². The Labute approximate surface area is 154 Å². The number of rotatable bonds is 1. The van der Waals surface area contributed by atoms with Crippen LogP contribution in [0.4, 0.5) is 13.2 Å². The van der Waals surface area contributed by atoms with E-state index < -0.39 is 23.4 Å². The molecule has 1 fully saturated rings. The standard InChI is InChI=1S/C18H21F3N4O2/c1-10-6-17(7-14(22-10)15-8-25(2)24-23-15)13-4-3-11(18(19,20)21)5-12(13)16(26)9-27-17/h3-5,8,10,14,16,22,26H,6-7,9H2,1-2H3/t10-,14-,16-,17-/m0/s1. The lowest BCUT2D eigenvalue weighted by Gasteiger charge is -2.48. The molecule has 1 saturated heterocycles. The van der Waals surface area contributed by atoms with Gasteiger partial charge in [-0.1, -0.05) is 11.3 Å². The Morgan fingerprint density at radius 1 is 1.33 bits per heavy atom. The van der Waals surface area contributed by atoms with Crippen LogP contribution in [-0.2, 0) is 23.6 Å². The molecule has 6 nitrogen and oxygen atoms in total. The SMILES string of the molecule is C[C@H]1C[C@@]2(C[C@@H](c3cn(C)nn3)N1)OC[C@H](O)c1cc(C(F)(F)F)ccc12. The molecule has 9 heteroatoms. The highest BCUT2D eigenvalue weighted by Gasteiger charge is 2.47. The third-order valence-electron chi connectivity index (χ3n) is 5.38. The fourth-order valence-corrected chi connectivity index (χ4v) is 4.26. The maximum Gasteiger partial charge on any atom is 0.416 e. The van der Waals surface area contributed by atoms with Crippen LogP contribution in [-0.4, -0.2) is 32.7 Å². The first-order valence-electron chi connectivity index (χ1n) is 8.84. The van der Waals surface area contributed by atoms with E-state index >= 15 is 0 Å². The van der Waals surface area contributed by atoms with Crippen LogP contribution >= 0.6 is 0 Å². The number of benzene rings is 1. The van der Waals surface area contributed by atoms with E-state index in [9.17, 15) is 18.3 Å². The number of aliphatic hydroxyl groups excluding tert-OH is 1. The van der Waals surface area contributed by atoms with Gasteiger partial charge < -0.3 is 15.2 Å². The normalized spacial score (nSPS) is 31.1. The number of piperidine rings is 1. The molecule has 0 saturated carbocycles. The largest absolute Gasteiger partial charge is 0.416 e. The molecule has 1 spiro atoms. The van der Waals surface area contributed by atoms with Gasteiger partial charge in [-0.05, 0) is 36.6 Å². The summed E-state index contributed by atoms with van der Waals surface area (Å²) < 4.78 is 47.1. The number of nitrogens with zero attached hydrogens (tertiary/aromatic N) is 3. The predicted octanol–water partition coefficient (Wildman–Crippen LogP) is 2.61. The first kappa shape index (κ1) is 18.4. The van der Waals surface area contributed by atoms with E-state index in [4.69, 9.17) is 4.74 Å². The van der Waals surface area contributed by atoms with Gasteiger partial charge in [-0.2, -0.15) is 13.2 Å². The van der Waals surface area contributed by atoms with Gasteiger partial charge in [0.25, 0.3) is 0 Å². The second-order valence-electron chi connectivity index (χ2n) is 7.47. The molecule has 2 aliphatic heterocycles. The van der Waals surface area contributed by atoms with E-state index in [1.165, 1.54) is 6.07 Å². The third-order valence-corrected chi connectivity index (χ3v) is 5.38. The maximum atomic E-state index is 13.1. The molecule has 1 aromatic heterocycles. The Hall–Kier alpha value is -1.97. The molecule has 146 valence electrons. The Kier molecular flexibility index (Phi) is 4.28. The van der Waals surface area contributed by atoms with Crippen molar-refractivity contribution in [2.75, 3.05) is 6.61 Å². The predicted molar refractivity (Wildman–Crippen MR) is 89.6 cm³/mol. The van der Waals surface area contributed by atoms with Gasteiger partial charge in [0, 0.05) is 25.7 Å². The summed E-state index contributed by atoms with van der Waals surface area (Å²) in [4.78, 5) is 0. The summed E-state index contributed by atoms with van der Waals surface area (Å²) >= 11 is 0. The summed E-state index contributed by atoms with van der Waals surface area (Å²) in [5, 5.41) is 21.9. The Bertz CT molecular complexity index is 853. The highest BCUT2D eigenvalue weighted by atomic mass is 19.4. The Morgan fingerprint density at radius 2 is 2.11 bits per heavy atom. The third kappa shape index (κ3) is 3.24. The molecule has 27 heavy (non-hydrogen) atoms. The van der Waals surface area contributed by atoms with Crippen LogP contribution in [0.15, 0.2) is 24.4 Å². The van der Waals surface area contributed by atoms with Gasteiger partial charge in [0.1, 0.15) is 6.10 Å². The number of aromatic nitrogens is 3. The minimum Gasteiger partial charge on any atom is -0.386 e. The summed E-state index contributed by atoms with van der Waals surface area (Å²) in [5.74, 6) is 0. The summed E-state index contributed by atoms with van der Waals surface area (Å²) in [6.07, 6.45) is -2.62. The fraction of sp³-hybridized carbons (Fsp3) is 0.556. The number of aliphatic hydroxyl groups is 1. The first-order chi connectivity index (χ1) is 12.7. The average Bonchev–Trinajstić information content (AvgIpc) is 3.04. The van der Waals surface area contributed by atoms with Crippen LogP contribution < -0.4 is 5.32 Å².